The van der Waals surface area contributed by atoms with E-state index in [1.807, 2.05) is 0 Å². The number of ether oxygens (including phenoxy) is 3. The number of nitrogens with zero attached hydrogens (tertiary/aromatic N) is 1. The Morgan fingerprint density at radius 3 is 2.20 bits per heavy atom. The summed E-state index contributed by atoms with van der Waals surface area (Å²) in [7, 11) is 1.30. The number of hydrogen-bond donors (Lipinski definition) is 0. The van der Waals surface area contributed by atoms with Crippen molar-refractivity contribution in [3.05, 3.63) is 99.6 Å². The Hall–Kier alpha value is -4.20. The summed E-state index contributed by atoms with van der Waals surface area (Å²) >= 11 is 0. The van der Waals surface area contributed by atoms with E-state index in [4.69, 9.17) is 9.47 Å². The molecule has 0 aliphatic rings. The van der Waals surface area contributed by atoms with E-state index in [0.717, 1.165) is 0 Å². The van der Waals surface area contributed by atoms with Crippen molar-refractivity contribution >= 4 is 17.6 Å². The molecule has 0 spiro atoms. The van der Waals surface area contributed by atoms with E-state index in [1.54, 1.807) is 42.5 Å². The van der Waals surface area contributed by atoms with Gasteiger partial charge in [-0.1, -0.05) is 18.2 Å². The maximum Gasteiger partial charge on any atom is 0.338 e. The third kappa shape index (κ3) is 5.20. The van der Waals surface area contributed by atoms with Crippen molar-refractivity contribution in [3.8, 4) is 11.5 Å². The van der Waals surface area contributed by atoms with E-state index < -0.39 is 16.9 Å². The lowest BCUT2D eigenvalue weighted by molar-refractivity contribution is -0.384. The Morgan fingerprint density at radius 1 is 0.867 bits per heavy atom. The predicted octanol–water partition coefficient (Wildman–Crippen LogP) is 4.53. The molecular formula is C22H17NO7. The second-order valence-corrected chi connectivity index (χ2v) is 6.15. The molecule has 0 saturated carbocycles. The summed E-state index contributed by atoms with van der Waals surface area (Å²) < 4.78 is 15.6. The second-order valence-electron chi connectivity index (χ2n) is 6.15. The van der Waals surface area contributed by atoms with Gasteiger partial charge in [-0.3, -0.25) is 10.1 Å². The van der Waals surface area contributed by atoms with Crippen LogP contribution < -0.4 is 4.74 Å². The molecule has 0 bridgehead atoms. The fourth-order valence-corrected chi connectivity index (χ4v) is 2.55. The molecular weight excluding hydrogens is 390 g/mol. The fraction of sp³-hybridized carbons (Fsp3) is 0.0909. The highest BCUT2D eigenvalue weighted by atomic mass is 16.6. The van der Waals surface area contributed by atoms with Crippen LogP contribution in [0.5, 0.6) is 11.5 Å². The number of nitro benzene ring substituents is 1. The van der Waals surface area contributed by atoms with Crippen LogP contribution in [0.2, 0.25) is 0 Å². The van der Waals surface area contributed by atoms with E-state index in [1.165, 1.54) is 37.4 Å². The zero-order valence-corrected chi connectivity index (χ0v) is 15.9. The minimum Gasteiger partial charge on any atom is -0.465 e. The van der Waals surface area contributed by atoms with Gasteiger partial charge < -0.3 is 14.2 Å². The summed E-state index contributed by atoms with van der Waals surface area (Å²) in [5.74, 6) is -0.192. The summed E-state index contributed by atoms with van der Waals surface area (Å²) in [6.45, 7) is 0.0354. The lowest BCUT2D eigenvalue weighted by Gasteiger charge is -2.08. The van der Waals surface area contributed by atoms with Gasteiger partial charge >= 0.3 is 11.9 Å². The van der Waals surface area contributed by atoms with Crippen LogP contribution in [-0.4, -0.2) is 24.0 Å². The lowest BCUT2D eigenvalue weighted by Crippen LogP contribution is -2.06. The lowest BCUT2D eigenvalue weighted by atomic mass is 10.1. The molecule has 0 amide bonds. The topological polar surface area (TPSA) is 105 Å². The monoisotopic (exact) mass is 407 g/mol. The van der Waals surface area contributed by atoms with Crippen molar-refractivity contribution in [1.29, 1.82) is 0 Å². The van der Waals surface area contributed by atoms with Crippen LogP contribution in [0.3, 0.4) is 0 Å². The van der Waals surface area contributed by atoms with Crippen molar-refractivity contribution in [2.75, 3.05) is 7.11 Å². The number of esters is 2. The minimum absolute atomic E-state index is 0.0354. The molecule has 0 saturated heterocycles. The minimum atomic E-state index is -0.541. The molecule has 0 aliphatic carbocycles. The van der Waals surface area contributed by atoms with Crippen molar-refractivity contribution < 1.29 is 28.7 Å². The fourth-order valence-electron chi connectivity index (χ4n) is 2.55. The number of hydrogen-bond acceptors (Lipinski definition) is 7. The average Bonchev–Trinajstić information content (AvgIpc) is 2.78. The molecule has 8 heteroatoms. The Morgan fingerprint density at radius 2 is 1.57 bits per heavy atom. The van der Waals surface area contributed by atoms with Crippen LogP contribution in [0.25, 0.3) is 0 Å². The van der Waals surface area contributed by atoms with Gasteiger partial charge in [0.1, 0.15) is 18.1 Å². The molecule has 3 aromatic rings. The normalized spacial score (nSPS) is 10.2. The molecule has 0 aliphatic heterocycles. The summed E-state index contributed by atoms with van der Waals surface area (Å²) in [5, 5.41) is 10.7. The Balaban J connectivity index is 1.61. The summed E-state index contributed by atoms with van der Waals surface area (Å²) in [5.41, 5.74) is 1.37. The van der Waals surface area contributed by atoms with Crippen LogP contribution in [0, 0.1) is 10.1 Å². The standard InChI is InChI=1S/C22H17NO7/c1-28-21(24)16-7-5-15(6-8-16)14-29-22(25)17-3-2-4-20(13-17)30-19-11-9-18(10-12-19)23(26)27/h2-13H,14H2,1H3. The van der Waals surface area contributed by atoms with E-state index in [9.17, 15) is 19.7 Å². The van der Waals surface area contributed by atoms with E-state index in [2.05, 4.69) is 4.74 Å². The number of carbonyl (C=O) groups excluding carboxylic acids is 2. The summed E-state index contributed by atoms with van der Waals surface area (Å²) in [6, 6.07) is 18.5. The average molecular weight is 407 g/mol. The zero-order valence-electron chi connectivity index (χ0n) is 15.9. The van der Waals surface area contributed by atoms with Gasteiger partial charge in [-0.15, -0.1) is 0 Å². The highest BCUT2D eigenvalue weighted by molar-refractivity contribution is 5.90. The molecule has 0 fully saturated rings. The third-order valence-electron chi connectivity index (χ3n) is 4.10. The van der Waals surface area contributed by atoms with E-state index >= 15 is 0 Å². The molecule has 152 valence electrons. The smallest absolute Gasteiger partial charge is 0.338 e. The van der Waals surface area contributed by atoms with Crippen LogP contribution in [0.15, 0.2) is 72.8 Å². The van der Waals surface area contributed by atoms with E-state index in [0.29, 0.717) is 28.2 Å². The van der Waals surface area contributed by atoms with Gasteiger partial charge in [-0.2, -0.15) is 0 Å². The zero-order chi connectivity index (χ0) is 21.5. The number of nitro groups is 1. The Kier molecular flexibility index (Phi) is 6.39. The molecule has 30 heavy (non-hydrogen) atoms. The van der Waals surface area contributed by atoms with E-state index in [-0.39, 0.29) is 12.3 Å². The second kappa shape index (κ2) is 9.33. The molecule has 0 radical (unpaired) electrons. The molecule has 8 nitrogen and oxygen atoms in total. The number of methoxy groups -OCH3 is 1. The van der Waals surface area contributed by atoms with Gasteiger partial charge in [-0.25, -0.2) is 9.59 Å². The van der Waals surface area contributed by atoms with Gasteiger partial charge in [0.25, 0.3) is 5.69 Å². The third-order valence-corrected chi connectivity index (χ3v) is 4.10. The molecule has 3 aromatic carbocycles. The van der Waals surface area contributed by atoms with Gasteiger partial charge in [0, 0.05) is 12.1 Å². The van der Waals surface area contributed by atoms with Crippen LogP contribution in [0.1, 0.15) is 26.3 Å². The number of rotatable bonds is 7. The predicted molar refractivity (Wildman–Crippen MR) is 107 cm³/mol. The molecule has 0 N–H and O–H groups in total. The van der Waals surface area contributed by atoms with Gasteiger partial charge in [0.15, 0.2) is 0 Å². The van der Waals surface area contributed by atoms with Crippen LogP contribution >= 0.6 is 0 Å². The number of non-ortho nitro benzene ring substituents is 1. The van der Waals surface area contributed by atoms with Crippen molar-refractivity contribution in [3.63, 3.8) is 0 Å². The Bertz CT molecular complexity index is 1060. The SMILES string of the molecule is COC(=O)c1ccc(COC(=O)c2cccc(Oc3ccc([N+](=O)[O-])cc3)c2)cc1. The quantitative estimate of drug-likeness (QED) is 0.322. The first-order valence-electron chi connectivity index (χ1n) is 8.83. The highest BCUT2D eigenvalue weighted by Crippen LogP contribution is 2.25. The maximum atomic E-state index is 12.3. The molecule has 0 aromatic heterocycles. The van der Waals surface area contributed by atoms with Crippen LogP contribution in [-0.2, 0) is 16.1 Å². The number of carbonyl (C=O) groups is 2. The van der Waals surface area contributed by atoms with Crippen molar-refractivity contribution in [1.82, 2.24) is 0 Å². The van der Waals surface area contributed by atoms with Crippen molar-refractivity contribution in [2.24, 2.45) is 0 Å². The Labute approximate surface area is 171 Å². The maximum absolute atomic E-state index is 12.3. The molecule has 0 heterocycles. The first kappa shape index (κ1) is 20.5. The molecule has 0 atom stereocenters. The first-order valence-corrected chi connectivity index (χ1v) is 8.83. The van der Waals surface area contributed by atoms with Gasteiger partial charge in [0.05, 0.1) is 23.2 Å². The summed E-state index contributed by atoms with van der Waals surface area (Å²) in [4.78, 5) is 34.0. The first-order chi connectivity index (χ1) is 14.5. The number of benzene rings is 3. The molecule has 3 rings (SSSR count). The molecule has 0 unspecified atom stereocenters. The van der Waals surface area contributed by atoms with Gasteiger partial charge in [-0.05, 0) is 48.0 Å². The highest BCUT2D eigenvalue weighted by Gasteiger charge is 2.11. The summed E-state index contributed by atoms with van der Waals surface area (Å²) in [6.07, 6.45) is 0. The van der Waals surface area contributed by atoms with Crippen molar-refractivity contribution in [2.45, 2.75) is 6.61 Å². The largest absolute Gasteiger partial charge is 0.465 e. The van der Waals surface area contributed by atoms with Gasteiger partial charge in [0.2, 0.25) is 0 Å². The van der Waals surface area contributed by atoms with Crippen LogP contribution in [0.4, 0.5) is 5.69 Å².